The SMILES string of the molecule is O=C(c1cc(N2CCC(c3nc4ccccc4s3)CC2)ccc1[N+](=O)[O-])N1CCCC1. The van der Waals surface area contributed by atoms with E-state index in [1.807, 2.05) is 12.1 Å². The van der Waals surface area contributed by atoms with Crippen molar-refractivity contribution < 1.29 is 9.72 Å². The molecule has 2 saturated heterocycles. The second-order valence-corrected chi connectivity index (χ2v) is 9.30. The van der Waals surface area contributed by atoms with Gasteiger partial charge in [-0.15, -0.1) is 11.3 Å². The predicted molar refractivity (Wildman–Crippen MR) is 122 cm³/mol. The summed E-state index contributed by atoms with van der Waals surface area (Å²) in [6, 6.07) is 13.2. The van der Waals surface area contributed by atoms with Crippen molar-refractivity contribution in [3.05, 3.63) is 63.1 Å². The predicted octanol–water partition coefficient (Wildman–Crippen LogP) is 4.82. The standard InChI is InChI=1S/C23H24N4O3S/c28-23(26-11-3-4-12-26)18-15-17(7-8-20(18)27(29)30)25-13-9-16(10-14-25)22-24-19-5-1-2-6-21(19)31-22/h1-2,5-8,15-16H,3-4,9-14H2. The minimum Gasteiger partial charge on any atom is -0.371 e. The molecule has 7 nitrogen and oxygen atoms in total. The number of benzene rings is 2. The van der Waals surface area contributed by atoms with E-state index in [4.69, 9.17) is 4.98 Å². The molecule has 0 bridgehead atoms. The van der Waals surface area contributed by atoms with Gasteiger partial charge in [-0.2, -0.15) is 0 Å². The van der Waals surface area contributed by atoms with Crippen LogP contribution in [-0.4, -0.2) is 46.9 Å². The molecule has 0 spiro atoms. The highest BCUT2D eigenvalue weighted by Gasteiger charge is 2.29. The van der Waals surface area contributed by atoms with Crippen LogP contribution in [0.5, 0.6) is 0 Å². The number of nitrogens with zero attached hydrogens (tertiary/aromatic N) is 4. The lowest BCUT2D eigenvalue weighted by Gasteiger charge is -2.33. The van der Waals surface area contributed by atoms with Crippen molar-refractivity contribution in [3.63, 3.8) is 0 Å². The average molecular weight is 437 g/mol. The molecular weight excluding hydrogens is 412 g/mol. The van der Waals surface area contributed by atoms with Gasteiger partial charge in [0.1, 0.15) is 5.56 Å². The van der Waals surface area contributed by atoms with Gasteiger partial charge in [0, 0.05) is 43.9 Å². The smallest absolute Gasteiger partial charge is 0.282 e. The van der Waals surface area contributed by atoms with Gasteiger partial charge in [-0.1, -0.05) is 12.1 Å². The molecule has 3 aromatic rings. The number of hydrogen-bond donors (Lipinski definition) is 0. The first-order chi connectivity index (χ1) is 15.1. The van der Waals surface area contributed by atoms with Crippen LogP contribution in [0.2, 0.25) is 0 Å². The number of aromatic nitrogens is 1. The molecule has 0 aliphatic carbocycles. The van der Waals surface area contributed by atoms with Gasteiger partial charge >= 0.3 is 0 Å². The van der Waals surface area contributed by atoms with E-state index in [1.54, 1.807) is 28.4 Å². The van der Waals surface area contributed by atoms with Crippen LogP contribution in [-0.2, 0) is 0 Å². The zero-order valence-corrected chi connectivity index (χ0v) is 18.0. The van der Waals surface area contributed by atoms with Crippen molar-refractivity contribution in [2.75, 3.05) is 31.1 Å². The van der Waals surface area contributed by atoms with E-state index in [-0.39, 0.29) is 17.2 Å². The molecule has 2 aliphatic heterocycles. The third kappa shape index (κ3) is 3.87. The number of piperidine rings is 1. The normalized spacial score (nSPS) is 17.4. The fraction of sp³-hybridized carbons (Fsp3) is 0.391. The van der Waals surface area contributed by atoms with Crippen LogP contribution in [0.3, 0.4) is 0 Å². The number of hydrogen-bond acceptors (Lipinski definition) is 6. The summed E-state index contributed by atoms with van der Waals surface area (Å²) in [4.78, 5) is 32.8. The van der Waals surface area contributed by atoms with Crippen LogP contribution in [0.15, 0.2) is 42.5 Å². The van der Waals surface area contributed by atoms with E-state index in [1.165, 1.54) is 15.8 Å². The van der Waals surface area contributed by atoms with Gasteiger partial charge in [0.05, 0.1) is 20.1 Å². The Kier molecular flexibility index (Phi) is 5.31. The lowest BCUT2D eigenvalue weighted by Crippen LogP contribution is -2.33. The van der Waals surface area contributed by atoms with Crippen LogP contribution >= 0.6 is 11.3 Å². The van der Waals surface area contributed by atoms with Gasteiger partial charge in [0.25, 0.3) is 11.6 Å². The zero-order valence-electron chi connectivity index (χ0n) is 17.2. The molecular formula is C23H24N4O3S. The summed E-state index contributed by atoms with van der Waals surface area (Å²) in [5, 5.41) is 12.7. The quantitative estimate of drug-likeness (QED) is 0.433. The van der Waals surface area contributed by atoms with Gasteiger partial charge in [-0.3, -0.25) is 14.9 Å². The molecule has 2 aromatic carbocycles. The maximum atomic E-state index is 12.9. The number of carbonyl (C=O) groups excluding carboxylic acids is 1. The molecule has 0 unspecified atom stereocenters. The Hall–Kier alpha value is -3.00. The molecule has 5 rings (SSSR count). The Balaban J connectivity index is 1.34. The third-order valence-electron chi connectivity index (χ3n) is 6.32. The van der Waals surface area contributed by atoms with Gasteiger partial charge in [0.2, 0.25) is 0 Å². The number of amides is 1. The molecule has 8 heteroatoms. The largest absolute Gasteiger partial charge is 0.371 e. The van der Waals surface area contributed by atoms with Crippen molar-refractivity contribution >= 4 is 38.8 Å². The topological polar surface area (TPSA) is 79.6 Å². The first-order valence-electron chi connectivity index (χ1n) is 10.8. The Bertz CT molecular complexity index is 1100. The molecule has 0 saturated carbocycles. The highest BCUT2D eigenvalue weighted by molar-refractivity contribution is 7.18. The summed E-state index contributed by atoms with van der Waals surface area (Å²) in [7, 11) is 0. The molecule has 1 amide bonds. The number of likely N-dealkylation sites (tertiary alicyclic amines) is 1. The number of para-hydroxylation sites is 1. The lowest BCUT2D eigenvalue weighted by atomic mass is 9.96. The monoisotopic (exact) mass is 436 g/mol. The second kappa shape index (κ2) is 8.26. The van der Waals surface area contributed by atoms with Crippen molar-refractivity contribution in [1.29, 1.82) is 0 Å². The molecule has 1 aromatic heterocycles. The summed E-state index contributed by atoms with van der Waals surface area (Å²) in [6.45, 7) is 3.03. The van der Waals surface area contributed by atoms with Crippen molar-refractivity contribution in [2.24, 2.45) is 0 Å². The maximum Gasteiger partial charge on any atom is 0.282 e. The number of thiazole rings is 1. The Morgan fingerprint density at radius 1 is 1.06 bits per heavy atom. The molecule has 3 heterocycles. The highest BCUT2D eigenvalue weighted by atomic mass is 32.1. The summed E-state index contributed by atoms with van der Waals surface area (Å²) >= 11 is 1.77. The van der Waals surface area contributed by atoms with Gasteiger partial charge in [0.15, 0.2) is 0 Å². The minimum absolute atomic E-state index is 0.106. The van der Waals surface area contributed by atoms with Crippen molar-refractivity contribution in [2.45, 2.75) is 31.6 Å². The van der Waals surface area contributed by atoms with Gasteiger partial charge in [-0.25, -0.2) is 4.98 Å². The molecule has 2 fully saturated rings. The molecule has 0 radical (unpaired) electrons. The number of carbonyl (C=O) groups is 1. The summed E-state index contributed by atoms with van der Waals surface area (Å²) in [5.74, 6) is 0.202. The van der Waals surface area contributed by atoms with Crippen molar-refractivity contribution in [1.82, 2.24) is 9.88 Å². The van der Waals surface area contributed by atoms with Crippen LogP contribution in [0, 0.1) is 10.1 Å². The number of rotatable bonds is 4. The van der Waals surface area contributed by atoms with Crippen LogP contribution in [0.4, 0.5) is 11.4 Å². The van der Waals surface area contributed by atoms with E-state index in [9.17, 15) is 14.9 Å². The Morgan fingerprint density at radius 2 is 1.81 bits per heavy atom. The molecule has 31 heavy (non-hydrogen) atoms. The minimum atomic E-state index is -0.452. The molecule has 0 atom stereocenters. The molecule has 160 valence electrons. The van der Waals surface area contributed by atoms with Gasteiger partial charge < -0.3 is 9.80 Å². The summed E-state index contributed by atoms with van der Waals surface area (Å²) < 4.78 is 1.22. The van der Waals surface area contributed by atoms with Crippen LogP contribution in [0.25, 0.3) is 10.2 Å². The first kappa shape index (κ1) is 19.9. The van der Waals surface area contributed by atoms with E-state index in [0.717, 1.165) is 50.0 Å². The second-order valence-electron chi connectivity index (χ2n) is 8.24. The summed E-state index contributed by atoms with van der Waals surface area (Å²) in [6.07, 6.45) is 3.87. The number of fused-ring (bicyclic) bond motifs is 1. The fourth-order valence-electron chi connectivity index (χ4n) is 4.59. The lowest BCUT2D eigenvalue weighted by molar-refractivity contribution is -0.385. The van der Waals surface area contributed by atoms with Crippen LogP contribution < -0.4 is 4.90 Å². The Morgan fingerprint density at radius 3 is 2.52 bits per heavy atom. The zero-order chi connectivity index (χ0) is 21.4. The molecule has 2 aliphatic rings. The van der Waals surface area contributed by atoms with E-state index >= 15 is 0 Å². The number of nitro groups is 1. The van der Waals surface area contributed by atoms with Gasteiger partial charge in [-0.05, 0) is 49.9 Å². The van der Waals surface area contributed by atoms with E-state index in [0.29, 0.717) is 19.0 Å². The maximum absolute atomic E-state index is 12.9. The van der Waals surface area contributed by atoms with Crippen LogP contribution in [0.1, 0.15) is 47.0 Å². The Labute approximate surface area is 184 Å². The third-order valence-corrected chi connectivity index (χ3v) is 7.52. The average Bonchev–Trinajstić information content (AvgIpc) is 3.48. The highest BCUT2D eigenvalue weighted by Crippen LogP contribution is 2.36. The summed E-state index contributed by atoms with van der Waals surface area (Å²) in [5.41, 5.74) is 2.05. The number of anilines is 1. The number of nitro benzene ring substituents is 1. The first-order valence-corrected chi connectivity index (χ1v) is 11.6. The van der Waals surface area contributed by atoms with Crippen molar-refractivity contribution in [3.8, 4) is 0 Å². The van der Waals surface area contributed by atoms with E-state index < -0.39 is 4.92 Å². The molecule has 0 N–H and O–H groups in total. The fourth-order valence-corrected chi connectivity index (χ4v) is 5.73. The van der Waals surface area contributed by atoms with E-state index in [2.05, 4.69) is 17.0 Å².